The fourth-order valence-corrected chi connectivity index (χ4v) is 2.58. The molecule has 1 amide bonds. The predicted octanol–water partition coefficient (Wildman–Crippen LogP) is 0.704. The summed E-state index contributed by atoms with van der Waals surface area (Å²) < 4.78 is 1.49. The number of carbonyl (C=O) groups excluding carboxylic acids is 1. The van der Waals surface area contributed by atoms with Crippen molar-refractivity contribution in [3.8, 4) is 0 Å². The Labute approximate surface area is 116 Å². The maximum Gasteiger partial charge on any atom is 0.305 e. The van der Waals surface area contributed by atoms with E-state index in [2.05, 4.69) is 0 Å². The molecule has 1 aromatic rings. The van der Waals surface area contributed by atoms with Crippen molar-refractivity contribution < 1.29 is 14.7 Å². The van der Waals surface area contributed by atoms with E-state index < -0.39 is 5.97 Å². The lowest BCUT2D eigenvalue weighted by molar-refractivity contribution is -0.139. The molecule has 2 heterocycles. The number of aryl methyl sites for hydroxylation is 1. The number of hydrogen-bond acceptors (Lipinski definition) is 3. The molecule has 1 fully saturated rings. The highest BCUT2D eigenvalue weighted by Gasteiger charge is 2.29. The lowest BCUT2D eigenvalue weighted by Crippen LogP contribution is -2.37. The highest BCUT2D eigenvalue weighted by atomic mass is 16.4. The minimum atomic E-state index is -0.881. The van der Waals surface area contributed by atoms with Crippen LogP contribution in [0.2, 0.25) is 0 Å². The zero-order valence-electron chi connectivity index (χ0n) is 11.2. The average molecular weight is 278 g/mol. The van der Waals surface area contributed by atoms with Crippen LogP contribution in [0.25, 0.3) is 0 Å². The zero-order chi connectivity index (χ0) is 14.5. The second-order valence-corrected chi connectivity index (χ2v) is 4.96. The lowest BCUT2D eigenvalue weighted by Gasteiger charge is -2.23. The molecule has 0 bridgehead atoms. The summed E-state index contributed by atoms with van der Waals surface area (Å²) in [6.07, 6.45) is 3.45. The number of aromatic nitrogens is 1. The number of rotatable bonds is 5. The van der Waals surface area contributed by atoms with Crippen LogP contribution in [0.1, 0.15) is 25.7 Å². The Bertz CT molecular complexity index is 552. The Morgan fingerprint density at radius 3 is 2.85 bits per heavy atom. The Balaban J connectivity index is 1.93. The predicted molar refractivity (Wildman–Crippen MR) is 72.3 cm³/mol. The van der Waals surface area contributed by atoms with E-state index in [0.717, 1.165) is 12.8 Å². The number of pyridine rings is 1. The summed E-state index contributed by atoms with van der Waals surface area (Å²) in [4.78, 5) is 36.1. The van der Waals surface area contributed by atoms with Gasteiger partial charge in [0, 0.05) is 37.8 Å². The molecule has 0 saturated carbocycles. The van der Waals surface area contributed by atoms with E-state index >= 15 is 0 Å². The molecule has 6 nitrogen and oxygen atoms in total. The van der Waals surface area contributed by atoms with Crippen molar-refractivity contribution in [1.82, 2.24) is 9.47 Å². The van der Waals surface area contributed by atoms with Crippen LogP contribution in [-0.2, 0) is 16.1 Å². The van der Waals surface area contributed by atoms with E-state index in [9.17, 15) is 14.4 Å². The zero-order valence-corrected chi connectivity index (χ0v) is 11.2. The number of carbonyl (C=O) groups is 2. The molecule has 1 aromatic heterocycles. The number of aliphatic carboxylic acids is 1. The Hall–Kier alpha value is -2.11. The van der Waals surface area contributed by atoms with Crippen molar-refractivity contribution in [3.63, 3.8) is 0 Å². The molecule has 6 heteroatoms. The maximum absolute atomic E-state index is 12.1. The first-order chi connectivity index (χ1) is 9.58. The minimum absolute atomic E-state index is 0.00295. The van der Waals surface area contributed by atoms with Crippen LogP contribution in [0.4, 0.5) is 0 Å². The molecule has 2 rings (SSSR count). The fraction of sp³-hybridized carbons (Fsp3) is 0.500. The molecule has 1 N–H and O–H groups in total. The summed E-state index contributed by atoms with van der Waals surface area (Å²) in [7, 11) is 0. The first kappa shape index (κ1) is 14.3. The molecule has 0 aliphatic carbocycles. The molecule has 20 heavy (non-hydrogen) atoms. The highest BCUT2D eigenvalue weighted by Crippen LogP contribution is 2.21. The third-order valence-corrected chi connectivity index (χ3v) is 3.57. The molecule has 1 aliphatic heterocycles. The van der Waals surface area contributed by atoms with Gasteiger partial charge >= 0.3 is 5.97 Å². The third-order valence-electron chi connectivity index (χ3n) is 3.57. The van der Waals surface area contributed by atoms with Crippen LogP contribution in [-0.4, -0.2) is 39.0 Å². The normalized spacial score (nSPS) is 18.2. The first-order valence-electron chi connectivity index (χ1n) is 6.74. The van der Waals surface area contributed by atoms with E-state index in [0.29, 0.717) is 13.1 Å². The van der Waals surface area contributed by atoms with Gasteiger partial charge < -0.3 is 14.6 Å². The van der Waals surface area contributed by atoms with E-state index in [1.54, 1.807) is 23.2 Å². The number of carboxylic acid groups (broad SMARTS) is 1. The van der Waals surface area contributed by atoms with Crippen LogP contribution >= 0.6 is 0 Å². The molecular weight excluding hydrogens is 260 g/mol. The van der Waals surface area contributed by atoms with Crippen LogP contribution in [0.3, 0.4) is 0 Å². The molecule has 0 spiro atoms. The Morgan fingerprint density at radius 2 is 2.15 bits per heavy atom. The number of nitrogens with zero attached hydrogens (tertiary/aromatic N) is 2. The summed E-state index contributed by atoms with van der Waals surface area (Å²) in [5.41, 5.74) is -0.135. The van der Waals surface area contributed by atoms with E-state index in [1.807, 2.05) is 0 Å². The molecule has 1 aliphatic rings. The smallest absolute Gasteiger partial charge is 0.305 e. The number of carboxylic acids is 1. The van der Waals surface area contributed by atoms with Gasteiger partial charge in [-0.2, -0.15) is 0 Å². The van der Waals surface area contributed by atoms with Gasteiger partial charge in [0.25, 0.3) is 5.56 Å². The van der Waals surface area contributed by atoms with Gasteiger partial charge in [-0.1, -0.05) is 6.07 Å². The molecule has 1 atom stereocenters. The van der Waals surface area contributed by atoms with Crippen molar-refractivity contribution >= 4 is 11.9 Å². The van der Waals surface area contributed by atoms with Crippen molar-refractivity contribution in [2.45, 2.75) is 38.3 Å². The molecule has 0 radical (unpaired) electrons. The standard InChI is InChI=1S/C14H18N2O4/c17-12-5-1-2-7-15(12)9-6-13(18)16-8-3-4-11(16)10-14(19)20/h1-2,5,7,11H,3-4,6,8-10H2,(H,19,20). The Morgan fingerprint density at radius 1 is 1.35 bits per heavy atom. The van der Waals surface area contributed by atoms with Gasteiger partial charge in [-0.15, -0.1) is 0 Å². The third kappa shape index (κ3) is 3.46. The first-order valence-corrected chi connectivity index (χ1v) is 6.74. The Kier molecular flexibility index (Phi) is 4.55. The average Bonchev–Trinajstić information content (AvgIpc) is 2.85. The highest BCUT2D eigenvalue weighted by molar-refractivity contribution is 5.78. The van der Waals surface area contributed by atoms with Crippen LogP contribution < -0.4 is 5.56 Å². The molecule has 108 valence electrons. The summed E-state index contributed by atoms with van der Waals surface area (Å²) in [5.74, 6) is -0.960. The summed E-state index contributed by atoms with van der Waals surface area (Å²) in [6.45, 7) is 0.940. The SMILES string of the molecule is O=C(O)CC1CCCN1C(=O)CCn1ccccc1=O. The molecule has 1 saturated heterocycles. The number of hydrogen-bond donors (Lipinski definition) is 1. The van der Waals surface area contributed by atoms with Gasteiger partial charge in [0.2, 0.25) is 5.91 Å². The van der Waals surface area contributed by atoms with Crippen molar-refractivity contribution in [2.24, 2.45) is 0 Å². The summed E-state index contributed by atoms with van der Waals surface area (Å²) in [5, 5.41) is 8.83. The van der Waals surface area contributed by atoms with Crippen LogP contribution in [0.15, 0.2) is 29.2 Å². The van der Waals surface area contributed by atoms with Gasteiger partial charge in [-0.25, -0.2) is 0 Å². The number of likely N-dealkylation sites (tertiary alicyclic amines) is 1. The van der Waals surface area contributed by atoms with Crippen molar-refractivity contribution in [2.75, 3.05) is 6.54 Å². The minimum Gasteiger partial charge on any atom is -0.481 e. The van der Waals surface area contributed by atoms with Gasteiger partial charge in [0.15, 0.2) is 0 Å². The molecule has 0 aromatic carbocycles. The monoisotopic (exact) mass is 278 g/mol. The molecular formula is C14H18N2O4. The molecule has 1 unspecified atom stereocenters. The second-order valence-electron chi connectivity index (χ2n) is 4.96. The second kappa shape index (κ2) is 6.36. The van der Waals surface area contributed by atoms with E-state index in [4.69, 9.17) is 5.11 Å². The van der Waals surface area contributed by atoms with Crippen molar-refractivity contribution in [1.29, 1.82) is 0 Å². The van der Waals surface area contributed by atoms with Crippen molar-refractivity contribution in [3.05, 3.63) is 34.7 Å². The van der Waals surface area contributed by atoms with E-state index in [-0.39, 0.29) is 30.3 Å². The van der Waals surface area contributed by atoms with Gasteiger partial charge in [-0.3, -0.25) is 14.4 Å². The van der Waals surface area contributed by atoms with Gasteiger partial charge in [0.1, 0.15) is 0 Å². The topological polar surface area (TPSA) is 79.6 Å². The quantitative estimate of drug-likeness (QED) is 0.860. The fourth-order valence-electron chi connectivity index (χ4n) is 2.58. The summed E-state index contributed by atoms with van der Waals surface area (Å²) in [6, 6.07) is 4.65. The van der Waals surface area contributed by atoms with E-state index in [1.165, 1.54) is 10.6 Å². The number of amides is 1. The summed E-state index contributed by atoms with van der Waals surface area (Å²) >= 11 is 0. The van der Waals surface area contributed by atoms with Gasteiger partial charge in [0.05, 0.1) is 6.42 Å². The maximum atomic E-state index is 12.1. The van der Waals surface area contributed by atoms with Crippen LogP contribution in [0.5, 0.6) is 0 Å². The van der Waals surface area contributed by atoms with Gasteiger partial charge in [-0.05, 0) is 18.9 Å². The van der Waals surface area contributed by atoms with Crippen LogP contribution in [0, 0.1) is 0 Å². The lowest BCUT2D eigenvalue weighted by atomic mass is 10.1. The largest absolute Gasteiger partial charge is 0.481 e.